The second kappa shape index (κ2) is 8.27. The van der Waals surface area contributed by atoms with Crippen LogP contribution in [0.1, 0.15) is 30.9 Å². The van der Waals surface area contributed by atoms with E-state index in [1.807, 2.05) is 31.2 Å². The molecule has 0 spiro atoms. The van der Waals surface area contributed by atoms with E-state index in [-0.39, 0.29) is 11.7 Å². The molecule has 1 aliphatic heterocycles. The predicted molar refractivity (Wildman–Crippen MR) is 107 cm³/mol. The Bertz CT molecular complexity index is 883. The SMILES string of the molecule is CCCC(=O)Oc1ccc(/C=C2\N=C(c3ccc(I)cc3)OC2=O)cc1. The summed E-state index contributed by atoms with van der Waals surface area (Å²) in [6, 6.07) is 14.4. The van der Waals surface area contributed by atoms with Gasteiger partial charge in [0.15, 0.2) is 5.70 Å². The van der Waals surface area contributed by atoms with E-state index in [9.17, 15) is 9.59 Å². The van der Waals surface area contributed by atoms with E-state index in [4.69, 9.17) is 9.47 Å². The Balaban J connectivity index is 1.75. The number of hydrogen-bond donors (Lipinski definition) is 0. The van der Waals surface area contributed by atoms with Gasteiger partial charge < -0.3 is 9.47 Å². The standard InChI is InChI=1S/C20H16INO4/c1-2-3-18(23)25-16-10-4-13(5-11-16)12-17-20(24)26-19(22-17)14-6-8-15(21)9-7-14/h4-12H,2-3H2,1H3/b17-12-. The highest BCUT2D eigenvalue weighted by Gasteiger charge is 2.24. The van der Waals surface area contributed by atoms with Crippen LogP contribution in [0.2, 0.25) is 0 Å². The second-order valence-corrected chi connectivity index (χ2v) is 6.88. The number of rotatable bonds is 5. The summed E-state index contributed by atoms with van der Waals surface area (Å²) in [5.41, 5.74) is 1.74. The Hall–Kier alpha value is -2.48. The normalized spacial score (nSPS) is 14.9. The van der Waals surface area contributed by atoms with Gasteiger partial charge >= 0.3 is 11.9 Å². The monoisotopic (exact) mass is 461 g/mol. The third-order valence-corrected chi connectivity index (χ3v) is 4.30. The molecule has 3 rings (SSSR count). The maximum atomic E-state index is 12.0. The van der Waals surface area contributed by atoms with E-state index < -0.39 is 5.97 Å². The highest BCUT2D eigenvalue weighted by atomic mass is 127. The molecule has 0 fully saturated rings. The first kappa shape index (κ1) is 18.3. The molecular weight excluding hydrogens is 445 g/mol. The number of halogens is 1. The lowest BCUT2D eigenvalue weighted by Crippen LogP contribution is -2.06. The van der Waals surface area contributed by atoms with E-state index in [1.165, 1.54) is 0 Å². The Morgan fingerprint density at radius 1 is 1.15 bits per heavy atom. The van der Waals surface area contributed by atoms with Crippen molar-refractivity contribution in [2.24, 2.45) is 4.99 Å². The number of cyclic esters (lactones) is 1. The van der Waals surface area contributed by atoms with Crippen LogP contribution in [0, 0.1) is 3.57 Å². The molecule has 0 bridgehead atoms. The number of nitrogens with zero attached hydrogens (tertiary/aromatic N) is 1. The van der Waals surface area contributed by atoms with E-state index in [1.54, 1.807) is 30.3 Å². The van der Waals surface area contributed by atoms with Crippen molar-refractivity contribution in [3.05, 3.63) is 68.9 Å². The first-order valence-corrected chi connectivity index (χ1v) is 9.22. The molecule has 6 heteroatoms. The van der Waals surface area contributed by atoms with Gasteiger partial charge in [0.2, 0.25) is 5.90 Å². The Morgan fingerprint density at radius 2 is 1.85 bits per heavy atom. The number of carbonyl (C=O) groups is 2. The molecule has 0 saturated heterocycles. The third-order valence-electron chi connectivity index (χ3n) is 3.58. The van der Waals surface area contributed by atoms with Crippen molar-refractivity contribution in [1.82, 2.24) is 0 Å². The quantitative estimate of drug-likeness (QED) is 0.288. The van der Waals surface area contributed by atoms with Crippen LogP contribution in [-0.2, 0) is 14.3 Å². The van der Waals surface area contributed by atoms with Crippen LogP contribution in [0.3, 0.4) is 0 Å². The Kier molecular flexibility index (Phi) is 5.82. The van der Waals surface area contributed by atoms with Gasteiger partial charge in [-0.1, -0.05) is 19.1 Å². The fourth-order valence-corrected chi connectivity index (χ4v) is 2.66. The van der Waals surface area contributed by atoms with Gasteiger partial charge in [-0.05, 0) is 77.0 Å². The van der Waals surface area contributed by atoms with Crippen molar-refractivity contribution in [2.75, 3.05) is 0 Å². The Morgan fingerprint density at radius 3 is 2.50 bits per heavy atom. The third kappa shape index (κ3) is 4.57. The molecule has 0 radical (unpaired) electrons. The minimum absolute atomic E-state index is 0.231. The molecule has 0 unspecified atom stereocenters. The van der Waals surface area contributed by atoms with Crippen molar-refractivity contribution in [2.45, 2.75) is 19.8 Å². The van der Waals surface area contributed by atoms with E-state index in [2.05, 4.69) is 27.6 Å². The molecule has 132 valence electrons. The molecule has 2 aromatic carbocycles. The van der Waals surface area contributed by atoms with Crippen molar-refractivity contribution in [1.29, 1.82) is 0 Å². The minimum atomic E-state index is -0.489. The van der Waals surface area contributed by atoms with Crippen molar-refractivity contribution in [3.8, 4) is 5.75 Å². The summed E-state index contributed by atoms with van der Waals surface area (Å²) in [5.74, 6) is 0.0205. The summed E-state index contributed by atoms with van der Waals surface area (Å²) < 4.78 is 11.5. The lowest BCUT2D eigenvalue weighted by molar-refractivity contribution is -0.134. The number of aliphatic imine (C=N–C) groups is 1. The molecule has 0 saturated carbocycles. The van der Waals surface area contributed by atoms with Crippen LogP contribution in [0.15, 0.2) is 59.2 Å². The van der Waals surface area contributed by atoms with Crippen LogP contribution in [0.4, 0.5) is 0 Å². The number of esters is 2. The van der Waals surface area contributed by atoms with Gasteiger partial charge in [0, 0.05) is 15.6 Å². The van der Waals surface area contributed by atoms with Crippen molar-refractivity contribution in [3.63, 3.8) is 0 Å². The maximum Gasteiger partial charge on any atom is 0.363 e. The highest BCUT2D eigenvalue weighted by Crippen LogP contribution is 2.21. The van der Waals surface area contributed by atoms with Gasteiger partial charge in [-0.2, -0.15) is 0 Å². The Labute approximate surface area is 164 Å². The van der Waals surface area contributed by atoms with Gasteiger partial charge in [0.1, 0.15) is 5.75 Å². The zero-order chi connectivity index (χ0) is 18.5. The molecule has 0 aromatic heterocycles. The second-order valence-electron chi connectivity index (χ2n) is 5.64. The fourth-order valence-electron chi connectivity index (χ4n) is 2.30. The van der Waals surface area contributed by atoms with Gasteiger partial charge in [-0.3, -0.25) is 4.79 Å². The van der Waals surface area contributed by atoms with Gasteiger partial charge in [0.25, 0.3) is 0 Å². The summed E-state index contributed by atoms with van der Waals surface area (Å²) in [4.78, 5) is 27.8. The number of carbonyl (C=O) groups excluding carboxylic acids is 2. The van der Waals surface area contributed by atoms with E-state index in [0.717, 1.165) is 21.1 Å². The number of benzene rings is 2. The molecule has 26 heavy (non-hydrogen) atoms. The highest BCUT2D eigenvalue weighted by molar-refractivity contribution is 14.1. The lowest BCUT2D eigenvalue weighted by atomic mass is 10.2. The smallest absolute Gasteiger partial charge is 0.363 e. The average molecular weight is 461 g/mol. The molecule has 5 nitrogen and oxygen atoms in total. The van der Waals surface area contributed by atoms with Gasteiger partial charge in [-0.25, -0.2) is 9.79 Å². The topological polar surface area (TPSA) is 65.0 Å². The fraction of sp³-hybridized carbons (Fsp3) is 0.150. The predicted octanol–water partition coefficient (Wildman–Crippen LogP) is 4.34. The van der Waals surface area contributed by atoms with Crippen LogP contribution in [0.25, 0.3) is 6.08 Å². The van der Waals surface area contributed by atoms with Crippen LogP contribution >= 0.6 is 22.6 Å². The van der Waals surface area contributed by atoms with Crippen LogP contribution in [0.5, 0.6) is 5.75 Å². The molecule has 1 aliphatic rings. The summed E-state index contributed by atoms with van der Waals surface area (Å²) in [7, 11) is 0. The van der Waals surface area contributed by atoms with Gasteiger partial charge in [-0.15, -0.1) is 0 Å². The van der Waals surface area contributed by atoms with Crippen molar-refractivity contribution < 1.29 is 19.1 Å². The largest absolute Gasteiger partial charge is 0.427 e. The lowest BCUT2D eigenvalue weighted by Gasteiger charge is -2.03. The van der Waals surface area contributed by atoms with Crippen LogP contribution in [-0.4, -0.2) is 17.8 Å². The first-order chi connectivity index (χ1) is 12.5. The average Bonchev–Trinajstić information content (AvgIpc) is 2.98. The molecule has 2 aromatic rings. The summed E-state index contributed by atoms with van der Waals surface area (Å²) in [5, 5.41) is 0. The zero-order valence-corrected chi connectivity index (χ0v) is 16.2. The molecule has 0 aliphatic carbocycles. The zero-order valence-electron chi connectivity index (χ0n) is 14.1. The van der Waals surface area contributed by atoms with Crippen LogP contribution < -0.4 is 4.74 Å². The summed E-state index contributed by atoms with van der Waals surface area (Å²) in [6.07, 6.45) is 2.76. The molecule has 0 N–H and O–H groups in total. The van der Waals surface area contributed by atoms with Gasteiger partial charge in [0.05, 0.1) is 0 Å². The first-order valence-electron chi connectivity index (χ1n) is 8.14. The number of hydrogen-bond acceptors (Lipinski definition) is 5. The summed E-state index contributed by atoms with van der Waals surface area (Å²) in [6.45, 7) is 1.92. The molecule has 0 amide bonds. The minimum Gasteiger partial charge on any atom is -0.427 e. The van der Waals surface area contributed by atoms with E-state index >= 15 is 0 Å². The van der Waals surface area contributed by atoms with Crippen molar-refractivity contribution >= 4 is 46.5 Å². The number of ether oxygens (including phenoxy) is 2. The maximum absolute atomic E-state index is 12.0. The molecule has 1 heterocycles. The molecular formula is C20H16INO4. The van der Waals surface area contributed by atoms with E-state index in [0.29, 0.717) is 18.1 Å². The summed E-state index contributed by atoms with van der Waals surface area (Å²) >= 11 is 2.21. The molecule has 0 atom stereocenters.